The largest absolute Gasteiger partial charge is 0.480 e. The highest BCUT2D eigenvalue weighted by Gasteiger charge is 2.31. The molecular formula is C21H28N6O7S. The number of para-hydroxylation sites is 1. The molecule has 4 atom stereocenters. The molecule has 0 spiro atoms. The number of thiol groups is 1. The van der Waals surface area contributed by atoms with Gasteiger partial charge >= 0.3 is 5.97 Å². The zero-order chi connectivity index (χ0) is 26.1. The van der Waals surface area contributed by atoms with Crippen molar-refractivity contribution >= 4 is 53.1 Å². The Morgan fingerprint density at radius 2 is 1.57 bits per heavy atom. The molecule has 10 N–H and O–H groups in total. The van der Waals surface area contributed by atoms with Crippen molar-refractivity contribution in [2.45, 2.75) is 37.0 Å². The van der Waals surface area contributed by atoms with Gasteiger partial charge in [0, 0.05) is 29.3 Å². The van der Waals surface area contributed by atoms with Crippen molar-refractivity contribution < 1.29 is 34.2 Å². The maximum absolute atomic E-state index is 12.8. The molecule has 35 heavy (non-hydrogen) atoms. The van der Waals surface area contributed by atoms with E-state index in [1.165, 1.54) is 0 Å². The Kier molecular flexibility index (Phi) is 10.1. The van der Waals surface area contributed by atoms with Crippen LogP contribution in [-0.4, -0.2) is 81.3 Å². The van der Waals surface area contributed by atoms with Crippen molar-refractivity contribution in [1.82, 2.24) is 20.9 Å². The van der Waals surface area contributed by atoms with Crippen LogP contribution in [0.25, 0.3) is 10.9 Å². The Bertz CT molecular complexity index is 1090. The van der Waals surface area contributed by atoms with Gasteiger partial charge in [0.2, 0.25) is 23.6 Å². The van der Waals surface area contributed by atoms with Gasteiger partial charge in [-0.05, 0) is 11.6 Å². The zero-order valence-electron chi connectivity index (χ0n) is 18.6. The third-order valence-corrected chi connectivity index (χ3v) is 5.47. The van der Waals surface area contributed by atoms with E-state index >= 15 is 0 Å². The number of nitrogens with two attached hydrogens (primary N) is 2. The van der Waals surface area contributed by atoms with Crippen LogP contribution in [0.4, 0.5) is 0 Å². The summed E-state index contributed by atoms with van der Waals surface area (Å²) in [5.41, 5.74) is 12.0. The van der Waals surface area contributed by atoms with Gasteiger partial charge in [-0.1, -0.05) is 18.2 Å². The monoisotopic (exact) mass is 508 g/mol. The van der Waals surface area contributed by atoms with Gasteiger partial charge in [-0.15, -0.1) is 0 Å². The van der Waals surface area contributed by atoms with Crippen LogP contribution in [0.1, 0.15) is 12.0 Å². The van der Waals surface area contributed by atoms with E-state index in [9.17, 15) is 29.1 Å². The van der Waals surface area contributed by atoms with Gasteiger partial charge in [-0.2, -0.15) is 12.6 Å². The van der Waals surface area contributed by atoms with Crippen LogP contribution in [0.5, 0.6) is 0 Å². The molecule has 0 aliphatic rings. The summed E-state index contributed by atoms with van der Waals surface area (Å²) in [6, 6.07) is 1.78. The maximum Gasteiger partial charge on any atom is 0.326 e. The van der Waals surface area contributed by atoms with E-state index in [1.807, 2.05) is 12.1 Å². The lowest BCUT2D eigenvalue weighted by Crippen LogP contribution is -2.58. The molecule has 0 saturated carbocycles. The number of benzene rings is 1. The first-order chi connectivity index (χ1) is 16.6. The number of hydrogen-bond acceptors (Lipinski definition) is 8. The van der Waals surface area contributed by atoms with Crippen molar-refractivity contribution in [2.75, 3.05) is 12.4 Å². The Hall–Kier alpha value is -3.62. The molecule has 0 aliphatic heterocycles. The van der Waals surface area contributed by atoms with Gasteiger partial charge in [-0.3, -0.25) is 19.2 Å². The minimum atomic E-state index is -1.52. The summed E-state index contributed by atoms with van der Waals surface area (Å²) < 4.78 is 0. The highest BCUT2D eigenvalue weighted by Crippen LogP contribution is 2.19. The van der Waals surface area contributed by atoms with Crippen LogP contribution in [-0.2, 0) is 30.4 Å². The van der Waals surface area contributed by atoms with Gasteiger partial charge in [0.1, 0.15) is 24.2 Å². The molecule has 1 heterocycles. The summed E-state index contributed by atoms with van der Waals surface area (Å²) in [5, 5.41) is 26.3. The number of hydrogen-bond donors (Lipinski definition) is 9. The third kappa shape index (κ3) is 7.70. The molecule has 0 radical (unpaired) electrons. The predicted octanol–water partition coefficient (Wildman–Crippen LogP) is -2.63. The van der Waals surface area contributed by atoms with Crippen molar-refractivity contribution in [2.24, 2.45) is 11.5 Å². The van der Waals surface area contributed by atoms with Gasteiger partial charge in [0.25, 0.3) is 0 Å². The number of carbonyl (C=O) groups excluding carboxylic acids is 4. The second-order valence-corrected chi connectivity index (χ2v) is 8.09. The fourth-order valence-electron chi connectivity index (χ4n) is 3.23. The SMILES string of the molecule is NC(=O)CC(NC(=O)C(CS)NC(=O)C(N)CO)C(=O)NC(Cc1c[nH]c2ccccc12)C(=O)O. The second-order valence-electron chi connectivity index (χ2n) is 7.73. The number of aromatic nitrogens is 1. The Morgan fingerprint density at radius 1 is 0.971 bits per heavy atom. The van der Waals surface area contributed by atoms with E-state index < -0.39 is 66.8 Å². The Labute approximate surface area is 205 Å². The quantitative estimate of drug-likeness (QED) is 0.130. The van der Waals surface area contributed by atoms with E-state index in [1.54, 1.807) is 18.3 Å². The van der Waals surface area contributed by atoms with E-state index in [-0.39, 0.29) is 12.2 Å². The van der Waals surface area contributed by atoms with Crippen LogP contribution in [0.15, 0.2) is 30.5 Å². The summed E-state index contributed by atoms with van der Waals surface area (Å²) in [7, 11) is 0. The molecule has 0 fully saturated rings. The lowest BCUT2D eigenvalue weighted by molar-refractivity contribution is -0.142. The van der Waals surface area contributed by atoms with Gasteiger partial charge in [0.15, 0.2) is 0 Å². The number of rotatable bonds is 13. The number of amides is 4. The first-order valence-corrected chi connectivity index (χ1v) is 11.1. The maximum atomic E-state index is 12.8. The highest BCUT2D eigenvalue weighted by atomic mass is 32.1. The lowest BCUT2D eigenvalue weighted by Gasteiger charge is -2.23. The summed E-state index contributed by atoms with van der Waals surface area (Å²) in [6.07, 6.45) is 0.934. The van der Waals surface area contributed by atoms with Gasteiger partial charge < -0.3 is 42.6 Å². The number of aliphatic hydroxyl groups is 1. The Morgan fingerprint density at radius 3 is 2.17 bits per heavy atom. The van der Waals surface area contributed by atoms with Gasteiger partial charge in [-0.25, -0.2) is 4.79 Å². The van der Waals surface area contributed by atoms with Crippen LogP contribution in [0.2, 0.25) is 0 Å². The van der Waals surface area contributed by atoms with E-state index in [2.05, 4.69) is 33.6 Å². The number of carboxylic acids is 1. The molecule has 0 aliphatic carbocycles. The number of carboxylic acid groups (broad SMARTS) is 1. The minimum Gasteiger partial charge on any atom is -0.480 e. The van der Waals surface area contributed by atoms with Gasteiger partial charge in [0.05, 0.1) is 13.0 Å². The molecule has 14 heteroatoms. The van der Waals surface area contributed by atoms with Crippen molar-refractivity contribution in [3.63, 3.8) is 0 Å². The van der Waals surface area contributed by atoms with Crippen molar-refractivity contribution in [3.8, 4) is 0 Å². The molecule has 0 saturated heterocycles. The van der Waals surface area contributed by atoms with Crippen LogP contribution >= 0.6 is 12.6 Å². The molecule has 190 valence electrons. The number of aliphatic carboxylic acids is 1. The number of carbonyl (C=O) groups is 5. The standard InChI is InChI=1S/C21H28N6O7S/c22-12(8-28)18(30)27-16(9-35)20(32)25-14(6-17(23)29)19(31)26-15(21(33)34)5-10-7-24-13-4-2-1-3-11(10)13/h1-4,7,12,14-16,24,28,35H,5-6,8-9,22H2,(H2,23,29)(H,25,32)(H,26,31)(H,27,30)(H,33,34). The zero-order valence-corrected chi connectivity index (χ0v) is 19.5. The predicted molar refractivity (Wildman–Crippen MR) is 128 cm³/mol. The van der Waals surface area contributed by atoms with Crippen LogP contribution in [0, 0.1) is 0 Å². The smallest absolute Gasteiger partial charge is 0.326 e. The Balaban J connectivity index is 2.14. The summed E-state index contributed by atoms with van der Waals surface area (Å²) in [6.45, 7) is -0.660. The molecule has 4 unspecified atom stereocenters. The summed E-state index contributed by atoms with van der Waals surface area (Å²) in [4.78, 5) is 63.7. The minimum absolute atomic E-state index is 0.0727. The van der Waals surface area contributed by atoms with Crippen LogP contribution < -0.4 is 27.4 Å². The average molecular weight is 509 g/mol. The second kappa shape index (κ2) is 12.7. The number of aliphatic hydroxyl groups excluding tert-OH is 1. The third-order valence-electron chi connectivity index (χ3n) is 5.10. The molecule has 0 bridgehead atoms. The normalized spacial score (nSPS) is 14.4. The first-order valence-electron chi connectivity index (χ1n) is 10.5. The molecule has 1 aromatic carbocycles. The highest BCUT2D eigenvalue weighted by molar-refractivity contribution is 7.80. The summed E-state index contributed by atoms with van der Waals surface area (Å²) in [5.74, 6) is -5.13. The van der Waals surface area contributed by atoms with E-state index in [4.69, 9.17) is 16.6 Å². The number of nitrogens with one attached hydrogen (secondary N) is 4. The lowest BCUT2D eigenvalue weighted by atomic mass is 10.0. The summed E-state index contributed by atoms with van der Waals surface area (Å²) >= 11 is 3.98. The molecule has 2 aromatic rings. The van der Waals surface area contributed by atoms with Crippen molar-refractivity contribution in [3.05, 3.63) is 36.0 Å². The van der Waals surface area contributed by atoms with E-state index in [0.717, 1.165) is 10.9 Å². The van der Waals surface area contributed by atoms with E-state index in [0.29, 0.717) is 5.56 Å². The number of aromatic amines is 1. The molecule has 4 amide bonds. The first kappa shape index (κ1) is 27.6. The fraction of sp³-hybridized carbons (Fsp3) is 0.381. The molecular weight excluding hydrogens is 480 g/mol. The average Bonchev–Trinajstić information content (AvgIpc) is 3.23. The topological polar surface area (TPSA) is 230 Å². The molecule has 2 rings (SSSR count). The molecule has 1 aromatic heterocycles. The number of H-pyrrole nitrogens is 1. The van der Waals surface area contributed by atoms with Crippen LogP contribution in [0.3, 0.4) is 0 Å². The van der Waals surface area contributed by atoms with Crippen molar-refractivity contribution in [1.29, 1.82) is 0 Å². The molecule has 13 nitrogen and oxygen atoms in total. The number of primary amides is 1. The number of fused-ring (bicyclic) bond motifs is 1. The fourth-order valence-corrected chi connectivity index (χ4v) is 3.49.